The van der Waals surface area contributed by atoms with Crippen LogP contribution in [0.4, 0.5) is 0 Å². The molecule has 3 aromatic carbocycles. The van der Waals surface area contributed by atoms with E-state index in [1.54, 1.807) is 11.8 Å². The lowest BCUT2D eigenvalue weighted by atomic mass is 10.1. The van der Waals surface area contributed by atoms with Gasteiger partial charge in [-0.25, -0.2) is 0 Å². The lowest BCUT2D eigenvalue weighted by Gasteiger charge is -2.18. The molecule has 0 aliphatic carbocycles. The average Bonchev–Trinajstić information content (AvgIpc) is 2.70. The van der Waals surface area contributed by atoms with Gasteiger partial charge in [0.15, 0.2) is 6.10 Å². The molecule has 1 atom stereocenters. The van der Waals surface area contributed by atoms with Crippen molar-refractivity contribution in [3.05, 3.63) is 72.8 Å². The third-order valence-electron chi connectivity index (χ3n) is 4.10. The number of ether oxygens (including phenoxy) is 1. The van der Waals surface area contributed by atoms with Gasteiger partial charge in [0.2, 0.25) is 0 Å². The summed E-state index contributed by atoms with van der Waals surface area (Å²) in [4.78, 5) is 13.7. The van der Waals surface area contributed by atoms with E-state index in [-0.39, 0.29) is 5.91 Å². The first kappa shape index (κ1) is 18.3. The molecule has 3 nitrogen and oxygen atoms in total. The molecule has 134 valence electrons. The molecule has 0 saturated heterocycles. The normalized spacial score (nSPS) is 11.9. The first-order chi connectivity index (χ1) is 12.8. The Labute approximate surface area is 158 Å². The van der Waals surface area contributed by atoms with Gasteiger partial charge in [0, 0.05) is 22.6 Å². The van der Waals surface area contributed by atoms with Gasteiger partial charge in [0.25, 0.3) is 5.91 Å². The summed E-state index contributed by atoms with van der Waals surface area (Å²) in [6.07, 6.45) is 0.142. The van der Waals surface area contributed by atoms with E-state index >= 15 is 0 Å². The smallest absolute Gasteiger partial charge is 0.261 e. The van der Waals surface area contributed by atoms with E-state index in [0.717, 1.165) is 22.3 Å². The molecular formula is C22H23NO2S. The number of benzene rings is 3. The Morgan fingerprint density at radius 3 is 2.54 bits per heavy atom. The summed E-state index contributed by atoms with van der Waals surface area (Å²) in [5.41, 5.74) is 0. The molecule has 4 heteroatoms. The summed E-state index contributed by atoms with van der Waals surface area (Å²) in [5, 5.41) is 5.13. The van der Waals surface area contributed by atoms with Crippen molar-refractivity contribution in [1.29, 1.82) is 0 Å². The molecule has 0 spiro atoms. The average molecular weight is 365 g/mol. The number of hydrogen-bond donors (Lipinski definition) is 1. The zero-order valence-corrected chi connectivity index (χ0v) is 15.7. The van der Waals surface area contributed by atoms with Gasteiger partial charge in [0.05, 0.1) is 0 Å². The molecule has 1 N–H and O–H groups in total. The van der Waals surface area contributed by atoms with E-state index < -0.39 is 6.10 Å². The number of thioether (sulfide) groups is 1. The summed E-state index contributed by atoms with van der Waals surface area (Å²) in [7, 11) is 0. The number of nitrogens with one attached hydrogen (secondary N) is 1. The zero-order valence-electron chi connectivity index (χ0n) is 14.9. The van der Waals surface area contributed by atoms with Crippen molar-refractivity contribution >= 4 is 28.4 Å². The van der Waals surface area contributed by atoms with Gasteiger partial charge in [-0.2, -0.15) is 0 Å². The quantitative estimate of drug-likeness (QED) is 0.455. The van der Waals surface area contributed by atoms with Gasteiger partial charge in [-0.15, -0.1) is 11.8 Å². The van der Waals surface area contributed by atoms with Crippen LogP contribution in [0.2, 0.25) is 0 Å². The lowest BCUT2D eigenvalue weighted by molar-refractivity contribution is -0.127. The van der Waals surface area contributed by atoms with Crippen molar-refractivity contribution in [2.75, 3.05) is 12.3 Å². The molecule has 0 radical (unpaired) electrons. The highest BCUT2D eigenvalue weighted by atomic mass is 32.2. The summed E-state index contributed by atoms with van der Waals surface area (Å²) < 4.78 is 6.04. The summed E-state index contributed by atoms with van der Waals surface area (Å²) in [6.45, 7) is 2.59. The molecule has 0 unspecified atom stereocenters. The second-order valence-electron chi connectivity index (χ2n) is 5.94. The van der Waals surface area contributed by atoms with E-state index in [0.29, 0.717) is 13.0 Å². The number of carbonyl (C=O) groups excluding carboxylic acids is 1. The third-order valence-corrected chi connectivity index (χ3v) is 5.11. The fourth-order valence-corrected chi connectivity index (χ4v) is 3.54. The van der Waals surface area contributed by atoms with Crippen LogP contribution in [0.5, 0.6) is 5.75 Å². The fraction of sp³-hybridized carbons (Fsp3) is 0.227. The van der Waals surface area contributed by atoms with E-state index in [1.807, 2.05) is 67.6 Å². The Hall–Kier alpha value is -2.46. The van der Waals surface area contributed by atoms with Crippen LogP contribution >= 0.6 is 11.8 Å². The van der Waals surface area contributed by atoms with Crippen LogP contribution in [-0.4, -0.2) is 24.3 Å². The molecule has 0 bridgehead atoms. The van der Waals surface area contributed by atoms with Crippen molar-refractivity contribution in [3.63, 3.8) is 0 Å². The van der Waals surface area contributed by atoms with Gasteiger partial charge in [-0.05, 0) is 30.0 Å². The molecule has 0 aromatic heterocycles. The number of rotatable bonds is 8. The minimum atomic E-state index is -0.484. The zero-order chi connectivity index (χ0) is 18.2. The molecule has 3 aromatic rings. The van der Waals surface area contributed by atoms with E-state index in [1.165, 1.54) is 4.90 Å². The van der Waals surface area contributed by atoms with E-state index in [9.17, 15) is 4.79 Å². The minimum Gasteiger partial charge on any atom is -0.480 e. The van der Waals surface area contributed by atoms with Gasteiger partial charge in [-0.3, -0.25) is 4.79 Å². The maximum Gasteiger partial charge on any atom is 0.261 e. The summed E-state index contributed by atoms with van der Waals surface area (Å²) in [5.74, 6) is 1.53. The van der Waals surface area contributed by atoms with Crippen LogP contribution in [0, 0.1) is 0 Å². The van der Waals surface area contributed by atoms with Gasteiger partial charge in [-0.1, -0.05) is 61.5 Å². The first-order valence-corrected chi connectivity index (χ1v) is 9.86. The molecule has 3 rings (SSSR count). The van der Waals surface area contributed by atoms with Crippen molar-refractivity contribution in [2.24, 2.45) is 0 Å². The first-order valence-electron chi connectivity index (χ1n) is 8.88. The van der Waals surface area contributed by atoms with Crippen LogP contribution in [0.3, 0.4) is 0 Å². The highest BCUT2D eigenvalue weighted by molar-refractivity contribution is 7.99. The Morgan fingerprint density at radius 1 is 1.00 bits per heavy atom. The Morgan fingerprint density at radius 2 is 1.73 bits per heavy atom. The third kappa shape index (κ3) is 4.79. The lowest BCUT2D eigenvalue weighted by Crippen LogP contribution is -2.39. The topological polar surface area (TPSA) is 38.3 Å². The minimum absolute atomic E-state index is 0.0610. The second kappa shape index (κ2) is 9.30. The molecule has 1 amide bonds. The van der Waals surface area contributed by atoms with Gasteiger partial charge < -0.3 is 10.1 Å². The van der Waals surface area contributed by atoms with E-state index in [2.05, 4.69) is 17.4 Å². The highest BCUT2D eigenvalue weighted by Crippen LogP contribution is 2.26. The monoisotopic (exact) mass is 365 g/mol. The Bertz CT molecular complexity index is 846. The van der Waals surface area contributed by atoms with Gasteiger partial charge in [0.1, 0.15) is 5.75 Å². The maximum atomic E-state index is 12.5. The summed E-state index contributed by atoms with van der Waals surface area (Å²) >= 11 is 1.73. The van der Waals surface area contributed by atoms with Crippen molar-refractivity contribution in [1.82, 2.24) is 5.32 Å². The Balaban J connectivity index is 1.55. The SMILES string of the molecule is CC[C@@H](Oc1cccc2ccccc12)C(=O)NCCSc1ccccc1. The Kier molecular flexibility index (Phi) is 6.56. The van der Waals surface area contributed by atoms with Crippen LogP contribution < -0.4 is 10.1 Å². The summed E-state index contributed by atoms with van der Waals surface area (Å²) in [6, 6.07) is 24.2. The van der Waals surface area contributed by atoms with Crippen molar-refractivity contribution in [2.45, 2.75) is 24.3 Å². The number of fused-ring (bicyclic) bond motifs is 1. The molecule has 0 aliphatic rings. The molecule has 26 heavy (non-hydrogen) atoms. The molecule has 0 saturated carbocycles. The number of carbonyl (C=O) groups is 1. The van der Waals surface area contributed by atoms with Crippen LogP contribution in [-0.2, 0) is 4.79 Å². The highest BCUT2D eigenvalue weighted by Gasteiger charge is 2.18. The molecule has 0 heterocycles. The van der Waals surface area contributed by atoms with Crippen LogP contribution in [0.1, 0.15) is 13.3 Å². The second-order valence-corrected chi connectivity index (χ2v) is 7.11. The predicted octanol–water partition coefficient (Wildman–Crippen LogP) is 4.91. The molecule has 0 aliphatic heterocycles. The standard InChI is InChI=1S/C22H23NO2S/c1-2-20(22(24)23-15-16-26-18-11-4-3-5-12-18)25-21-14-8-10-17-9-6-7-13-19(17)21/h3-14,20H,2,15-16H2,1H3,(H,23,24)/t20-/m1/s1. The number of amides is 1. The van der Waals surface area contributed by atoms with Crippen molar-refractivity contribution in [3.8, 4) is 5.75 Å². The predicted molar refractivity (Wildman–Crippen MR) is 109 cm³/mol. The fourth-order valence-electron chi connectivity index (χ4n) is 2.75. The van der Waals surface area contributed by atoms with Crippen LogP contribution in [0.25, 0.3) is 10.8 Å². The maximum absolute atomic E-state index is 12.5. The van der Waals surface area contributed by atoms with Crippen LogP contribution in [0.15, 0.2) is 77.7 Å². The molecular weight excluding hydrogens is 342 g/mol. The van der Waals surface area contributed by atoms with Gasteiger partial charge >= 0.3 is 0 Å². The van der Waals surface area contributed by atoms with Crippen molar-refractivity contribution < 1.29 is 9.53 Å². The molecule has 0 fully saturated rings. The number of hydrogen-bond acceptors (Lipinski definition) is 3. The van der Waals surface area contributed by atoms with E-state index in [4.69, 9.17) is 4.74 Å². The largest absolute Gasteiger partial charge is 0.480 e.